The lowest BCUT2D eigenvalue weighted by atomic mass is 9.95. The number of rotatable bonds is 4. The number of amides is 1. The van der Waals surface area contributed by atoms with Crippen LogP contribution in [0.2, 0.25) is 0 Å². The van der Waals surface area contributed by atoms with Crippen LogP contribution in [0.1, 0.15) is 36.0 Å². The normalized spacial score (nSPS) is 19.7. The molecule has 2 atom stereocenters. The molecule has 0 spiro atoms. The maximum atomic E-state index is 13.0. The van der Waals surface area contributed by atoms with Crippen LogP contribution < -0.4 is 0 Å². The highest BCUT2D eigenvalue weighted by atomic mass is 32.2. The minimum atomic E-state index is -0.0673. The summed E-state index contributed by atoms with van der Waals surface area (Å²) in [6, 6.07) is 13.9. The Morgan fingerprint density at radius 2 is 2.14 bits per heavy atom. The molecular weight excluding hydrogens is 282 g/mol. The first-order valence-electron chi connectivity index (χ1n) is 7.31. The van der Waals surface area contributed by atoms with Crippen LogP contribution in [0.4, 0.5) is 0 Å². The van der Waals surface area contributed by atoms with E-state index in [4.69, 9.17) is 4.42 Å². The largest absolute Gasteiger partial charge is 0.466 e. The summed E-state index contributed by atoms with van der Waals surface area (Å²) in [6.45, 7) is 2.86. The van der Waals surface area contributed by atoms with Crippen molar-refractivity contribution in [1.82, 2.24) is 4.90 Å². The molecule has 2 aromatic rings. The summed E-state index contributed by atoms with van der Waals surface area (Å²) in [5.74, 6) is 1.97. The van der Waals surface area contributed by atoms with Crippen molar-refractivity contribution >= 4 is 17.7 Å². The van der Waals surface area contributed by atoms with Crippen LogP contribution in [0.15, 0.2) is 53.1 Å². The van der Waals surface area contributed by atoms with E-state index < -0.39 is 0 Å². The Morgan fingerprint density at radius 3 is 2.81 bits per heavy atom. The van der Waals surface area contributed by atoms with Crippen molar-refractivity contribution in [2.75, 3.05) is 12.3 Å². The Labute approximate surface area is 129 Å². The van der Waals surface area contributed by atoms with E-state index in [-0.39, 0.29) is 17.2 Å². The van der Waals surface area contributed by atoms with Crippen molar-refractivity contribution in [3.8, 4) is 0 Å². The van der Waals surface area contributed by atoms with Gasteiger partial charge >= 0.3 is 0 Å². The van der Waals surface area contributed by atoms with E-state index in [1.807, 2.05) is 47.4 Å². The molecule has 1 aromatic heterocycles. The van der Waals surface area contributed by atoms with E-state index in [0.29, 0.717) is 0 Å². The average molecular weight is 301 g/mol. The second kappa shape index (κ2) is 6.39. The van der Waals surface area contributed by atoms with Gasteiger partial charge in [-0.2, -0.15) is 0 Å². The van der Waals surface area contributed by atoms with Gasteiger partial charge < -0.3 is 9.32 Å². The van der Waals surface area contributed by atoms with Gasteiger partial charge in [0.05, 0.1) is 12.2 Å². The van der Waals surface area contributed by atoms with Crippen LogP contribution in [0, 0.1) is 0 Å². The molecule has 3 nitrogen and oxygen atoms in total. The lowest BCUT2D eigenvalue weighted by Gasteiger charge is -2.27. The Hall–Kier alpha value is -1.68. The zero-order chi connectivity index (χ0) is 14.7. The predicted octanol–water partition coefficient (Wildman–Crippen LogP) is 4.05. The molecule has 1 amide bonds. The van der Waals surface area contributed by atoms with Crippen molar-refractivity contribution in [2.45, 2.75) is 24.6 Å². The topological polar surface area (TPSA) is 33.5 Å². The SMILES string of the molecule is CCC(C(=O)N1CCSC1c1ccco1)c1ccccc1. The molecule has 1 aliphatic rings. The summed E-state index contributed by atoms with van der Waals surface area (Å²) in [6.07, 6.45) is 2.49. The summed E-state index contributed by atoms with van der Waals surface area (Å²) in [7, 11) is 0. The molecule has 3 rings (SSSR count). The molecule has 1 fully saturated rings. The third-order valence-electron chi connectivity index (χ3n) is 3.87. The summed E-state index contributed by atoms with van der Waals surface area (Å²) in [4.78, 5) is 14.9. The van der Waals surface area contributed by atoms with Gasteiger partial charge in [-0.1, -0.05) is 37.3 Å². The molecule has 1 aliphatic heterocycles. The second-order valence-electron chi connectivity index (χ2n) is 5.14. The van der Waals surface area contributed by atoms with E-state index in [0.717, 1.165) is 30.0 Å². The fourth-order valence-electron chi connectivity index (χ4n) is 2.80. The minimum Gasteiger partial charge on any atom is -0.466 e. The first kappa shape index (κ1) is 14.3. The van der Waals surface area contributed by atoms with Gasteiger partial charge in [-0.15, -0.1) is 11.8 Å². The van der Waals surface area contributed by atoms with Crippen molar-refractivity contribution in [2.24, 2.45) is 0 Å². The van der Waals surface area contributed by atoms with Gasteiger partial charge in [0.25, 0.3) is 0 Å². The Morgan fingerprint density at radius 1 is 1.33 bits per heavy atom. The monoisotopic (exact) mass is 301 g/mol. The van der Waals surface area contributed by atoms with Gasteiger partial charge in [-0.25, -0.2) is 0 Å². The van der Waals surface area contributed by atoms with E-state index in [9.17, 15) is 4.79 Å². The maximum Gasteiger partial charge on any atom is 0.231 e. The molecular formula is C17H19NO2S. The van der Waals surface area contributed by atoms with Gasteiger partial charge in [-0.3, -0.25) is 4.79 Å². The highest BCUT2D eigenvalue weighted by Crippen LogP contribution is 2.40. The summed E-state index contributed by atoms with van der Waals surface area (Å²) < 4.78 is 5.50. The van der Waals surface area contributed by atoms with E-state index >= 15 is 0 Å². The number of benzene rings is 1. The van der Waals surface area contributed by atoms with E-state index in [2.05, 4.69) is 6.92 Å². The molecule has 2 heterocycles. The molecule has 0 aliphatic carbocycles. The third-order valence-corrected chi connectivity index (χ3v) is 5.09. The number of carbonyl (C=O) groups excluding carboxylic acids is 1. The first-order chi connectivity index (χ1) is 10.3. The van der Waals surface area contributed by atoms with E-state index in [1.165, 1.54) is 0 Å². The summed E-state index contributed by atoms with van der Waals surface area (Å²) in [5.41, 5.74) is 1.10. The Balaban J connectivity index is 1.83. The standard InChI is InChI=1S/C17H19NO2S/c1-2-14(13-7-4-3-5-8-13)16(19)18-10-12-21-17(18)15-9-6-11-20-15/h3-9,11,14,17H,2,10,12H2,1H3. The molecule has 2 unspecified atom stereocenters. The van der Waals surface area contributed by atoms with Crippen molar-refractivity contribution in [3.05, 3.63) is 60.1 Å². The van der Waals surface area contributed by atoms with Crippen LogP contribution in [0.3, 0.4) is 0 Å². The highest BCUT2D eigenvalue weighted by molar-refractivity contribution is 7.99. The molecule has 4 heteroatoms. The van der Waals surface area contributed by atoms with Crippen LogP contribution in [0.25, 0.3) is 0 Å². The molecule has 110 valence electrons. The fraction of sp³-hybridized carbons (Fsp3) is 0.353. The van der Waals surface area contributed by atoms with Gasteiger partial charge in [0.15, 0.2) is 0 Å². The number of carbonyl (C=O) groups is 1. The van der Waals surface area contributed by atoms with Gasteiger partial charge in [0, 0.05) is 12.3 Å². The van der Waals surface area contributed by atoms with Gasteiger partial charge in [-0.05, 0) is 24.1 Å². The minimum absolute atomic E-state index is 0.0188. The van der Waals surface area contributed by atoms with Gasteiger partial charge in [0.2, 0.25) is 5.91 Å². The molecule has 0 bridgehead atoms. The quantitative estimate of drug-likeness (QED) is 0.854. The van der Waals surface area contributed by atoms with Crippen molar-refractivity contribution in [1.29, 1.82) is 0 Å². The zero-order valence-electron chi connectivity index (χ0n) is 12.1. The number of hydrogen-bond donors (Lipinski definition) is 0. The first-order valence-corrected chi connectivity index (χ1v) is 8.36. The van der Waals surface area contributed by atoms with Crippen LogP contribution >= 0.6 is 11.8 Å². The van der Waals surface area contributed by atoms with Crippen LogP contribution in [0.5, 0.6) is 0 Å². The van der Waals surface area contributed by atoms with Crippen LogP contribution in [-0.4, -0.2) is 23.1 Å². The molecule has 0 radical (unpaired) electrons. The Bertz CT molecular complexity index is 582. The average Bonchev–Trinajstić information content (AvgIpc) is 3.20. The second-order valence-corrected chi connectivity index (χ2v) is 6.33. The predicted molar refractivity (Wildman–Crippen MR) is 85.1 cm³/mol. The molecule has 1 aromatic carbocycles. The molecule has 0 saturated carbocycles. The Kier molecular flexibility index (Phi) is 4.34. The fourth-order valence-corrected chi connectivity index (χ4v) is 4.01. The smallest absolute Gasteiger partial charge is 0.231 e. The molecule has 1 saturated heterocycles. The zero-order valence-corrected chi connectivity index (χ0v) is 12.9. The molecule has 0 N–H and O–H groups in total. The number of thioether (sulfide) groups is 1. The summed E-state index contributed by atoms with van der Waals surface area (Å²) in [5, 5.41) is 0.0188. The lowest BCUT2D eigenvalue weighted by molar-refractivity contribution is -0.133. The summed E-state index contributed by atoms with van der Waals surface area (Å²) >= 11 is 1.77. The van der Waals surface area contributed by atoms with Gasteiger partial charge in [0.1, 0.15) is 11.1 Å². The maximum absolute atomic E-state index is 13.0. The lowest BCUT2D eigenvalue weighted by Crippen LogP contribution is -2.34. The van der Waals surface area contributed by atoms with Crippen molar-refractivity contribution < 1.29 is 9.21 Å². The number of furan rings is 1. The van der Waals surface area contributed by atoms with Crippen LogP contribution in [-0.2, 0) is 4.79 Å². The molecule has 21 heavy (non-hydrogen) atoms. The van der Waals surface area contributed by atoms with Crippen molar-refractivity contribution in [3.63, 3.8) is 0 Å². The number of hydrogen-bond acceptors (Lipinski definition) is 3. The highest BCUT2D eigenvalue weighted by Gasteiger charge is 2.35. The third kappa shape index (κ3) is 2.86. The van der Waals surface area contributed by atoms with E-state index in [1.54, 1.807) is 18.0 Å². The number of nitrogens with zero attached hydrogens (tertiary/aromatic N) is 1.